The maximum atomic E-state index is 11.3. The van der Waals surface area contributed by atoms with Gasteiger partial charge in [-0.1, -0.05) is 24.7 Å². The van der Waals surface area contributed by atoms with Gasteiger partial charge in [-0.25, -0.2) is 0 Å². The fourth-order valence-electron chi connectivity index (χ4n) is 0.868. The monoisotopic (exact) mass is 200 g/mol. The summed E-state index contributed by atoms with van der Waals surface area (Å²) in [4.78, 5) is 11.3. The van der Waals surface area contributed by atoms with E-state index in [1.54, 1.807) is 5.51 Å². The fourth-order valence-corrected chi connectivity index (χ4v) is 1.32. The van der Waals surface area contributed by atoms with Gasteiger partial charge in [-0.15, -0.1) is 10.2 Å². The highest BCUT2D eigenvalue weighted by Gasteiger charge is 2.13. The van der Waals surface area contributed by atoms with Gasteiger partial charge in [-0.05, 0) is 6.42 Å². The van der Waals surface area contributed by atoms with Gasteiger partial charge in [0.2, 0.25) is 11.0 Å². The molecule has 1 rings (SSSR count). The van der Waals surface area contributed by atoms with Crippen LogP contribution in [0.4, 0.5) is 5.13 Å². The molecule has 0 saturated heterocycles. The summed E-state index contributed by atoms with van der Waals surface area (Å²) < 4.78 is 0. The molecule has 0 aromatic carbocycles. The smallest absolute Gasteiger partial charge is 0.243 e. The summed E-state index contributed by atoms with van der Waals surface area (Å²) >= 11 is 1.28. The van der Waals surface area contributed by atoms with E-state index in [4.69, 9.17) is 5.73 Å². The summed E-state index contributed by atoms with van der Waals surface area (Å²) in [7, 11) is 0. The summed E-state index contributed by atoms with van der Waals surface area (Å²) in [5.41, 5.74) is 7.15. The summed E-state index contributed by atoms with van der Waals surface area (Å²) in [6, 6.07) is -0.450. The van der Waals surface area contributed by atoms with E-state index < -0.39 is 6.04 Å². The molecule has 0 unspecified atom stereocenters. The van der Waals surface area contributed by atoms with Crippen molar-refractivity contribution in [3.8, 4) is 0 Å². The lowest BCUT2D eigenvalue weighted by atomic mass is 10.2. The normalized spacial score (nSPS) is 12.5. The van der Waals surface area contributed by atoms with Gasteiger partial charge >= 0.3 is 0 Å². The molecule has 0 spiro atoms. The minimum atomic E-state index is -0.450. The van der Waals surface area contributed by atoms with Crippen molar-refractivity contribution in [2.24, 2.45) is 5.73 Å². The average molecular weight is 200 g/mol. The highest BCUT2D eigenvalue weighted by molar-refractivity contribution is 7.13. The van der Waals surface area contributed by atoms with Crippen molar-refractivity contribution >= 4 is 22.4 Å². The number of hydrogen-bond donors (Lipinski definition) is 2. The first kappa shape index (κ1) is 10.1. The molecule has 0 aliphatic carbocycles. The van der Waals surface area contributed by atoms with Crippen LogP contribution in [0, 0.1) is 0 Å². The molecule has 1 heterocycles. The van der Waals surface area contributed by atoms with Gasteiger partial charge in [0.05, 0.1) is 6.04 Å². The van der Waals surface area contributed by atoms with Gasteiger partial charge in [0.1, 0.15) is 5.51 Å². The zero-order chi connectivity index (χ0) is 9.68. The number of anilines is 1. The SMILES string of the molecule is CCC[C@@H](N)C(=O)Nc1nncs1. The van der Waals surface area contributed by atoms with E-state index in [0.29, 0.717) is 11.6 Å². The first-order valence-electron chi connectivity index (χ1n) is 4.06. The zero-order valence-corrected chi connectivity index (χ0v) is 8.17. The molecular weight excluding hydrogens is 188 g/mol. The Labute approximate surface area is 80.4 Å². The topological polar surface area (TPSA) is 80.9 Å². The molecular formula is C7H12N4OS. The Morgan fingerprint density at radius 3 is 3.15 bits per heavy atom. The van der Waals surface area contributed by atoms with Crippen LogP contribution in [0.2, 0.25) is 0 Å². The maximum Gasteiger partial charge on any atom is 0.243 e. The van der Waals surface area contributed by atoms with Crippen molar-refractivity contribution in [1.29, 1.82) is 0 Å². The first-order chi connectivity index (χ1) is 6.24. The number of aromatic nitrogens is 2. The molecule has 0 aliphatic heterocycles. The number of carbonyl (C=O) groups excluding carboxylic acids is 1. The predicted octanol–water partition coefficient (Wildman–Crippen LogP) is 0.604. The molecule has 6 heteroatoms. The third-order valence-electron chi connectivity index (χ3n) is 1.53. The number of rotatable bonds is 4. The summed E-state index contributed by atoms with van der Waals surface area (Å²) in [5, 5.41) is 10.4. The van der Waals surface area contributed by atoms with E-state index in [9.17, 15) is 4.79 Å². The van der Waals surface area contributed by atoms with Gasteiger partial charge in [-0.3, -0.25) is 10.1 Å². The molecule has 1 amide bonds. The Kier molecular flexibility index (Phi) is 3.78. The Hall–Kier alpha value is -1.01. The average Bonchev–Trinajstić information content (AvgIpc) is 2.57. The Morgan fingerprint density at radius 2 is 2.62 bits per heavy atom. The molecule has 0 saturated carbocycles. The number of carbonyl (C=O) groups is 1. The van der Waals surface area contributed by atoms with E-state index in [-0.39, 0.29) is 5.91 Å². The van der Waals surface area contributed by atoms with Crippen molar-refractivity contribution in [3.05, 3.63) is 5.51 Å². The van der Waals surface area contributed by atoms with Gasteiger partial charge in [0.25, 0.3) is 0 Å². The fraction of sp³-hybridized carbons (Fsp3) is 0.571. The van der Waals surface area contributed by atoms with Crippen molar-refractivity contribution in [1.82, 2.24) is 10.2 Å². The molecule has 5 nitrogen and oxygen atoms in total. The highest BCUT2D eigenvalue weighted by atomic mass is 32.1. The minimum absolute atomic E-state index is 0.196. The standard InChI is InChI=1S/C7H12N4OS/c1-2-3-5(8)6(12)10-7-11-9-4-13-7/h4-5H,2-3,8H2,1H3,(H,10,11,12)/t5-/m1/s1. The highest BCUT2D eigenvalue weighted by Crippen LogP contribution is 2.08. The number of nitrogens with zero attached hydrogens (tertiary/aromatic N) is 2. The van der Waals surface area contributed by atoms with Gasteiger partial charge in [-0.2, -0.15) is 0 Å². The van der Waals surface area contributed by atoms with Crippen LogP contribution in [0.15, 0.2) is 5.51 Å². The third-order valence-corrected chi connectivity index (χ3v) is 2.13. The second kappa shape index (κ2) is 4.88. The van der Waals surface area contributed by atoms with Crippen LogP contribution in [0.3, 0.4) is 0 Å². The van der Waals surface area contributed by atoms with Crippen LogP contribution < -0.4 is 11.1 Å². The molecule has 1 aromatic heterocycles. The first-order valence-corrected chi connectivity index (χ1v) is 4.94. The molecule has 0 radical (unpaired) electrons. The molecule has 13 heavy (non-hydrogen) atoms. The van der Waals surface area contributed by atoms with Crippen molar-refractivity contribution in [3.63, 3.8) is 0 Å². The van der Waals surface area contributed by atoms with Crippen molar-refractivity contribution in [2.45, 2.75) is 25.8 Å². The van der Waals surface area contributed by atoms with E-state index in [1.165, 1.54) is 11.3 Å². The molecule has 3 N–H and O–H groups in total. The van der Waals surface area contributed by atoms with E-state index in [1.807, 2.05) is 6.92 Å². The summed E-state index contributed by atoms with van der Waals surface area (Å²) in [6.07, 6.45) is 1.58. The predicted molar refractivity (Wildman–Crippen MR) is 51.4 cm³/mol. The van der Waals surface area contributed by atoms with Crippen LogP contribution in [-0.4, -0.2) is 22.1 Å². The molecule has 72 valence electrons. The Bertz CT molecular complexity index is 261. The van der Waals surface area contributed by atoms with Crippen LogP contribution in [0.5, 0.6) is 0 Å². The molecule has 0 aliphatic rings. The van der Waals surface area contributed by atoms with E-state index in [0.717, 1.165) is 6.42 Å². The second-order valence-corrected chi connectivity index (χ2v) is 3.46. The van der Waals surface area contributed by atoms with Crippen LogP contribution >= 0.6 is 11.3 Å². The van der Waals surface area contributed by atoms with Gasteiger partial charge < -0.3 is 5.73 Å². The number of amides is 1. The number of nitrogens with one attached hydrogen (secondary N) is 1. The second-order valence-electron chi connectivity index (χ2n) is 2.63. The molecule has 1 aromatic rings. The van der Waals surface area contributed by atoms with Crippen molar-refractivity contribution in [2.75, 3.05) is 5.32 Å². The summed E-state index contributed by atoms with van der Waals surface area (Å²) in [5.74, 6) is -0.196. The Morgan fingerprint density at radius 1 is 1.85 bits per heavy atom. The quantitative estimate of drug-likeness (QED) is 0.746. The maximum absolute atomic E-state index is 11.3. The van der Waals surface area contributed by atoms with Crippen molar-refractivity contribution < 1.29 is 4.79 Å². The molecule has 0 fully saturated rings. The Balaban J connectivity index is 2.41. The van der Waals surface area contributed by atoms with E-state index in [2.05, 4.69) is 15.5 Å². The van der Waals surface area contributed by atoms with E-state index >= 15 is 0 Å². The lowest BCUT2D eigenvalue weighted by Crippen LogP contribution is -2.35. The third kappa shape index (κ3) is 3.08. The summed E-state index contributed by atoms with van der Waals surface area (Å²) in [6.45, 7) is 1.98. The lowest BCUT2D eigenvalue weighted by molar-refractivity contribution is -0.117. The zero-order valence-electron chi connectivity index (χ0n) is 7.36. The minimum Gasteiger partial charge on any atom is -0.320 e. The molecule has 1 atom stereocenters. The van der Waals surface area contributed by atoms with Gasteiger partial charge in [0.15, 0.2) is 0 Å². The lowest BCUT2D eigenvalue weighted by Gasteiger charge is -2.07. The largest absolute Gasteiger partial charge is 0.320 e. The van der Waals surface area contributed by atoms with Crippen LogP contribution in [0.1, 0.15) is 19.8 Å². The molecule has 0 bridgehead atoms. The number of nitrogens with two attached hydrogens (primary N) is 1. The van der Waals surface area contributed by atoms with Crippen LogP contribution in [-0.2, 0) is 4.79 Å². The number of hydrogen-bond acceptors (Lipinski definition) is 5. The van der Waals surface area contributed by atoms with Crippen LogP contribution in [0.25, 0.3) is 0 Å². The van der Waals surface area contributed by atoms with Gasteiger partial charge in [0, 0.05) is 0 Å².